The predicted octanol–water partition coefficient (Wildman–Crippen LogP) is 0.125. The molecule has 0 heterocycles. The SMILES string of the molecule is CC(C)NC(C)C(=O)OP(O)(O)=S. The van der Waals surface area contributed by atoms with E-state index in [2.05, 4.69) is 21.6 Å². The van der Waals surface area contributed by atoms with Gasteiger partial charge in [0, 0.05) is 17.8 Å². The highest BCUT2D eigenvalue weighted by molar-refractivity contribution is 8.06. The first-order chi connectivity index (χ1) is 5.72. The van der Waals surface area contributed by atoms with Gasteiger partial charge in [-0.1, -0.05) is 13.8 Å². The van der Waals surface area contributed by atoms with E-state index in [1.165, 1.54) is 0 Å². The van der Waals surface area contributed by atoms with Gasteiger partial charge in [0.05, 0.1) is 0 Å². The molecule has 13 heavy (non-hydrogen) atoms. The van der Waals surface area contributed by atoms with Crippen LogP contribution in [0.1, 0.15) is 20.8 Å². The summed E-state index contributed by atoms with van der Waals surface area (Å²) in [6.07, 6.45) is 0. The van der Waals surface area contributed by atoms with Gasteiger partial charge in [-0.3, -0.25) is 4.79 Å². The van der Waals surface area contributed by atoms with Crippen LogP contribution < -0.4 is 5.32 Å². The molecule has 0 saturated heterocycles. The molecule has 7 heteroatoms. The normalized spacial score (nSPS) is 14.3. The van der Waals surface area contributed by atoms with Crippen LogP contribution in [0.3, 0.4) is 0 Å². The van der Waals surface area contributed by atoms with Crippen LogP contribution in [0.4, 0.5) is 0 Å². The lowest BCUT2D eigenvalue weighted by Crippen LogP contribution is -2.39. The summed E-state index contributed by atoms with van der Waals surface area (Å²) in [7, 11) is 0. The fourth-order valence-corrected chi connectivity index (χ4v) is 1.38. The van der Waals surface area contributed by atoms with Crippen LogP contribution in [-0.4, -0.2) is 27.8 Å². The van der Waals surface area contributed by atoms with E-state index >= 15 is 0 Å². The lowest BCUT2D eigenvalue weighted by Gasteiger charge is -2.16. The van der Waals surface area contributed by atoms with Crippen LogP contribution >= 0.6 is 6.72 Å². The lowest BCUT2D eigenvalue weighted by molar-refractivity contribution is -0.137. The molecule has 5 nitrogen and oxygen atoms in total. The van der Waals surface area contributed by atoms with Crippen molar-refractivity contribution in [2.45, 2.75) is 32.9 Å². The van der Waals surface area contributed by atoms with Crippen LogP contribution in [-0.2, 0) is 21.1 Å². The molecule has 0 fully saturated rings. The van der Waals surface area contributed by atoms with Gasteiger partial charge in [-0.2, -0.15) is 0 Å². The number of carbonyl (C=O) groups excluding carboxylic acids is 1. The highest BCUT2D eigenvalue weighted by atomic mass is 32.5. The third-order valence-electron chi connectivity index (χ3n) is 1.15. The van der Waals surface area contributed by atoms with Crippen molar-refractivity contribution >= 4 is 24.5 Å². The molecule has 0 aliphatic rings. The second-order valence-electron chi connectivity index (χ2n) is 2.94. The highest BCUT2D eigenvalue weighted by Gasteiger charge is 2.21. The van der Waals surface area contributed by atoms with E-state index in [-0.39, 0.29) is 6.04 Å². The van der Waals surface area contributed by atoms with E-state index in [0.717, 1.165) is 0 Å². The largest absolute Gasteiger partial charge is 0.390 e. The number of carbonyl (C=O) groups is 1. The first kappa shape index (κ1) is 13.0. The third kappa shape index (κ3) is 7.10. The monoisotopic (exact) mass is 227 g/mol. The molecule has 0 radical (unpaired) electrons. The summed E-state index contributed by atoms with van der Waals surface area (Å²) in [6.45, 7) is 1.41. The van der Waals surface area contributed by atoms with Crippen molar-refractivity contribution in [1.82, 2.24) is 5.32 Å². The standard InChI is InChI=1S/C6H14NO4PS/c1-4(2)7-5(3)6(8)11-12(9,10)13/h4-5,7H,1-3H3,(H2,9,10,13). The fourth-order valence-electron chi connectivity index (χ4n) is 0.764. The number of rotatable bonds is 4. The Bertz CT molecular complexity index is 227. The van der Waals surface area contributed by atoms with Gasteiger partial charge in [-0.15, -0.1) is 0 Å². The maximum absolute atomic E-state index is 11.1. The summed E-state index contributed by atoms with van der Waals surface area (Å²) in [6, 6.07) is -0.487. The van der Waals surface area contributed by atoms with Gasteiger partial charge >= 0.3 is 12.7 Å². The minimum absolute atomic E-state index is 0.109. The van der Waals surface area contributed by atoms with Crippen molar-refractivity contribution in [3.8, 4) is 0 Å². The van der Waals surface area contributed by atoms with Gasteiger partial charge in [0.15, 0.2) is 0 Å². The van der Waals surface area contributed by atoms with Crippen molar-refractivity contribution in [1.29, 1.82) is 0 Å². The fraction of sp³-hybridized carbons (Fsp3) is 0.833. The molecule has 0 bridgehead atoms. The van der Waals surface area contributed by atoms with E-state index in [4.69, 9.17) is 9.79 Å². The molecule has 1 atom stereocenters. The van der Waals surface area contributed by atoms with Gasteiger partial charge in [0.25, 0.3) is 0 Å². The van der Waals surface area contributed by atoms with Crippen LogP contribution in [0.2, 0.25) is 0 Å². The first-order valence-electron chi connectivity index (χ1n) is 3.77. The maximum atomic E-state index is 11.1. The van der Waals surface area contributed by atoms with Crippen molar-refractivity contribution in [3.05, 3.63) is 0 Å². The average Bonchev–Trinajstić information content (AvgIpc) is 1.81. The Morgan fingerprint density at radius 2 is 1.92 bits per heavy atom. The van der Waals surface area contributed by atoms with Gasteiger partial charge in [0.1, 0.15) is 6.04 Å². The molecule has 0 rings (SSSR count). The summed E-state index contributed by atoms with van der Waals surface area (Å²) in [4.78, 5) is 28.4. The lowest BCUT2D eigenvalue weighted by atomic mass is 10.3. The van der Waals surface area contributed by atoms with Crippen LogP contribution in [0, 0.1) is 0 Å². The van der Waals surface area contributed by atoms with Crippen LogP contribution in [0.5, 0.6) is 0 Å². The van der Waals surface area contributed by atoms with E-state index < -0.39 is 18.7 Å². The molecule has 78 valence electrons. The molecule has 0 aliphatic heterocycles. The third-order valence-corrected chi connectivity index (χ3v) is 1.79. The first-order valence-corrected chi connectivity index (χ1v) is 6.40. The zero-order valence-electron chi connectivity index (χ0n) is 7.72. The highest BCUT2D eigenvalue weighted by Crippen LogP contribution is 2.36. The maximum Gasteiger partial charge on any atom is 0.377 e. The number of nitrogens with one attached hydrogen (secondary N) is 1. The molecular weight excluding hydrogens is 213 g/mol. The van der Waals surface area contributed by atoms with Crippen molar-refractivity contribution < 1.29 is 19.1 Å². The molecule has 0 saturated carbocycles. The van der Waals surface area contributed by atoms with Crippen LogP contribution in [0.15, 0.2) is 0 Å². The van der Waals surface area contributed by atoms with E-state index in [0.29, 0.717) is 0 Å². The Labute approximate surface area is 82.4 Å². The molecule has 1 unspecified atom stereocenters. The van der Waals surface area contributed by atoms with Gasteiger partial charge in [-0.05, 0) is 6.92 Å². The minimum Gasteiger partial charge on any atom is -0.390 e. The summed E-state index contributed by atoms with van der Waals surface area (Å²) < 4.78 is 4.24. The summed E-state index contributed by atoms with van der Waals surface area (Å²) in [5, 5.41) is 2.84. The van der Waals surface area contributed by atoms with E-state index in [1.54, 1.807) is 6.92 Å². The molecule has 0 aromatic rings. The van der Waals surface area contributed by atoms with Gasteiger partial charge in [-0.25, -0.2) is 0 Å². The number of hydrogen-bond donors (Lipinski definition) is 3. The topological polar surface area (TPSA) is 78.8 Å². The zero-order chi connectivity index (χ0) is 10.6. The van der Waals surface area contributed by atoms with Crippen molar-refractivity contribution in [2.75, 3.05) is 0 Å². The summed E-state index contributed by atoms with van der Waals surface area (Å²) >= 11 is 4.15. The van der Waals surface area contributed by atoms with E-state index in [9.17, 15) is 4.79 Å². The van der Waals surface area contributed by atoms with Crippen molar-refractivity contribution in [3.63, 3.8) is 0 Å². The molecule has 3 N–H and O–H groups in total. The van der Waals surface area contributed by atoms with Crippen molar-refractivity contribution in [2.24, 2.45) is 0 Å². The second-order valence-corrected chi connectivity index (χ2v) is 5.53. The molecule has 0 aromatic heterocycles. The van der Waals surface area contributed by atoms with Crippen LogP contribution in [0.25, 0.3) is 0 Å². The second kappa shape index (κ2) is 5.02. The molecular formula is C6H14NO4PS. The summed E-state index contributed by atoms with van der Waals surface area (Å²) in [5.74, 6) is -0.748. The average molecular weight is 227 g/mol. The molecule has 0 aliphatic carbocycles. The molecule has 0 amide bonds. The Morgan fingerprint density at radius 3 is 2.23 bits per heavy atom. The minimum atomic E-state index is -3.88. The summed E-state index contributed by atoms with van der Waals surface area (Å²) in [5.41, 5.74) is 0. The zero-order valence-corrected chi connectivity index (χ0v) is 9.43. The Morgan fingerprint density at radius 1 is 1.46 bits per heavy atom. The molecule has 0 aromatic carbocycles. The predicted molar refractivity (Wildman–Crippen MR) is 52.5 cm³/mol. The smallest absolute Gasteiger partial charge is 0.377 e. The quantitative estimate of drug-likeness (QED) is 0.592. The Kier molecular flexibility index (Phi) is 5.02. The number of hydrogen-bond acceptors (Lipinski definition) is 4. The van der Waals surface area contributed by atoms with E-state index in [1.807, 2.05) is 13.8 Å². The van der Waals surface area contributed by atoms with Gasteiger partial charge < -0.3 is 19.6 Å². The Hall–Kier alpha value is -0.0000000000000000833. The Balaban J connectivity index is 4.05. The molecule has 0 spiro atoms. The van der Waals surface area contributed by atoms with Gasteiger partial charge in [0.2, 0.25) is 0 Å².